The first kappa shape index (κ1) is 10.9. The summed E-state index contributed by atoms with van der Waals surface area (Å²) in [5.41, 5.74) is 9.59. The van der Waals surface area contributed by atoms with E-state index in [4.69, 9.17) is 5.73 Å². The van der Waals surface area contributed by atoms with Gasteiger partial charge < -0.3 is 5.73 Å². The minimum Gasteiger partial charge on any atom is -0.326 e. The molecular weight excluding hydrogens is 226 g/mol. The van der Waals surface area contributed by atoms with Crippen LogP contribution in [0.15, 0.2) is 36.5 Å². The fourth-order valence-corrected chi connectivity index (χ4v) is 2.01. The Bertz CT molecular complexity index is 701. The van der Waals surface area contributed by atoms with E-state index in [1.807, 2.05) is 37.3 Å². The van der Waals surface area contributed by atoms with E-state index < -0.39 is 0 Å². The van der Waals surface area contributed by atoms with Gasteiger partial charge in [0.25, 0.3) is 0 Å². The number of hydrogen-bond donors (Lipinski definition) is 1. The molecule has 2 heterocycles. The van der Waals surface area contributed by atoms with Crippen molar-refractivity contribution in [2.45, 2.75) is 13.5 Å². The van der Waals surface area contributed by atoms with Crippen molar-refractivity contribution in [1.82, 2.24) is 19.8 Å². The van der Waals surface area contributed by atoms with E-state index in [0.717, 1.165) is 28.2 Å². The SMILES string of the molecule is Cc1ccnn2c(-c3ccccc3CN)nnc12. The lowest BCUT2D eigenvalue weighted by Crippen LogP contribution is -2.02. The van der Waals surface area contributed by atoms with Crippen LogP contribution < -0.4 is 5.73 Å². The smallest absolute Gasteiger partial charge is 0.185 e. The Morgan fingerprint density at radius 1 is 1.17 bits per heavy atom. The monoisotopic (exact) mass is 239 g/mol. The fraction of sp³-hybridized carbons (Fsp3) is 0.154. The summed E-state index contributed by atoms with van der Waals surface area (Å²) in [7, 11) is 0. The molecule has 0 saturated carbocycles. The van der Waals surface area contributed by atoms with Crippen molar-refractivity contribution < 1.29 is 0 Å². The predicted molar refractivity (Wildman–Crippen MR) is 68.8 cm³/mol. The molecule has 5 nitrogen and oxygen atoms in total. The van der Waals surface area contributed by atoms with Crippen LogP contribution in [0.5, 0.6) is 0 Å². The van der Waals surface area contributed by atoms with Gasteiger partial charge in [-0.1, -0.05) is 24.3 Å². The fourth-order valence-electron chi connectivity index (χ4n) is 2.01. The van der Waals surface area contributed by atoms with Crippen molar-refractivity contribution in [2.24, 2.45) is 5.73 Å². The third-order valence-electron chi connectivity index (χ3n) is 2.98. The van der Waals surface area contributed by atoms with Crippen molar-refractivity contribution in [3.05, 3.63) is 47.7 Å². The molecule has 90 valence electrons. The normalized spacial score (nSPS) is 11.0. The van der Waals surface area contributed by atoms with E-state index in [9.17, 15) is 0 Å². The minimum absolute atomic E-state index is 0.469. The second-order valence-electron chi connectivity index (χ2n) is 4.13. The van der Waals surface area contributed by atoms with E-state index in [1.54, 1.807) is 10.7 Å². The summed E-state index contributed by atoms with van der Waals surface area (Å²) in [5, 5.41) is 12.7. The standard InChI is InChI=1S/C13H13N5/c1-9-6-7-15-18-12(9)16-17-13(18)11-5-3-2-4-10(11)8-14/h2-7H,8,14H2,1H3. The lowest BCUT2D eigenvalue weighted by atomic mass is 10.1. The van der Waals surface area contributed by atoms with Gasteiger partial charge in [-0.25, -0.2) is 0 Å². The molecule has 0 unspecified atom stereocenters. The van der Waals surface area contributed by atoms with Gasteiger partial charge in [-0.05, 0) is 24.1 Å². The molecule has 0 aliphatic heterocycles. The maximum atomic E-state index is 5.75. The first-order chi connectivity index (χ1) is 8.81. The Labute approximate surface area is 104 Å². The molecule has 0 aliphatic rings. The van der Waals surface area contributed by atoms with Crippen LogP contribution in [0.3, 0.4) is 0 Å². The molecule has 0 spiro atoms. The number of nitrogens with two attached hydrogens (primary N) is 1. The molecule has 0 bridgehead atoms. The quantitative estimate of drug-likeness (QED) is 0.736. The summed E-state index contributed by atoms with van der Waals surface area (Å²) < 4.78 is 1.75. The van der Waals surface area contributed by atoms with Crippen LogP contribution in [0.2, 0.25) is 0 Å². The van der Waals surface area contributed by atoms with Gasteiger partial charge in [0.15, 0.2) is 11.5 Å². The number of aryl methyl sites for hydroxylation is 1. The van der Waals surface area contributed by atoms with Crippen molar-refractivity contribution >= 4 is 5.65 Å². The first-order valence-corrected chi connectivity index (χ1v) is 5.76. The number of aromatic nitrogens is 4. The molecule has 3 rings (SSSR count). The van der Waals surface area contributed by atoms with Crippen LogP contribution in [0.4, 0.5) is 0 Å². The number of benzene rings is 1. The number of fused-ring (bicyclic) bond motifs is 1. The van der Waals surface area contributed by atoms with Gasteiger partial charge in [0.2, 0.25) is 0 Å². The molecule has 0 atom stereocenters. The maximum absolute atomic E-state index is 5.75. The van der Waals surface area contributed by atoms with Gasteiger partial charge in [-0.2, -0.15) is 9.61 Å². The van der Waals surface area contributed by atoms with Crippen LogP contribution in [-0.2, 0) is 6.54 Å². The number of nitrogens with zero attached hydrogens (tertiary/aromatic N) is 4. The lowest BCUT2D eigenvalue weighted by Gasteiger charge is -2.05. The molecule has 18 heavy (non-hydrogen) atoms. The second-order valence-corrected chi connectivity index (χ2v) is 4.13. The van der Waals surface area contributed by atoms with Crippen molar-refractivity contribution in [3.8, 4) is 11.4 Å². The highest BCUT2D eigenvalue weighted by atomic mass is 15.4. The Balaban J connectivity index is 2.29. The predicted octanol–water partition coefficient (Wildman–Crippen LogP) is 1.56. The van der Waals surface area contributed by atoms with E-state index in [-0.39, 0.29) is 0 Å². The highest BCUT2D eigenvalue weighted by Gasteiger charge is 2.12. The summed E-state index contributed by atoms with van der Waals surface area (Å²) in [6, 6.07) is 9.83. The van der Waals surface area contributed by atoms with E-state index in [1.165, 1.54) is 0 Å². The molecule has 0 amide bonds. The largest absolute Gasteiger partial charge is 0.326 e. The van der Waals surface area contributed by atoms with Gasteiger partial charge in [0.1, 0.15) is 0 Å². The highest BCUT2D eigenvalue weighted by molar-refractivity contribution is 5.63. The average molecular weight is 239 g/mol. The summed E-state index contributed by atoms with van der Waals surface area (Å²) in [6.07, 6.45) is 1.75. The number of rotatable bonds is 2. The van der Waals surface area contributed by atoms with E-state index >= 15 is 0 Å². The first-order valence-electron chi connectivity index (χ1n) is 5.76. The molecule has 3 aromatic rings. The summed E-state index contributed by atoms with van der Waals surface area (Å²) in [6.45, 7) is 2.46. The van der Waals surface area contributed by atoms with Gasteiger partial charge in [0, 0.05) is 18.3 Å². The lowest BCUT2D eigenvalue weighted by molar-refractivity contribution is 0.924. The van der Waals surface area contributed by atoms with Crippen molar-refractivity contribution in [3.63, 3.8) is 0 Å². The molecule has 0 fully saturated rings. The topological polar surface area (TPSA) is 69.1 Å². The highest BCUT2D eigenvalue weighted by Crippen LogP contribution is 2.22. The van der Waals surface area contributed by atoms with Gasteiger partial charge >= 0.3 is 0 Å². The van der Waals surface area contributed by atoms with Crippen molar-refractivity contribution in [1.29, 1.82) is 0 Å². The molecule has 1 aromatic carbocycles. The molecule has 0 saturated heterocycles. The Kier molecular flexibility index (Phi) is 2.53. The van der Waals surface area contributed by atoms with Crippen molar-refractivity contribution in [2.75, 3.05) is 0 Å². The van der Waals surface area contributed by atoms with E-state index in [2.05, 4.69) is 15.3 Å². The summed E-state index contributed by atoms with van der Waals surface area (Å²) in [5.74, 6) is 0.731. The Morgan fingerprint density at radius 2 is 2.00 bits per heavy atom. The molecule has 5 heteroatoms. The molecule has 2 aromatic heterocycles. The van der Waals surface area contributed by atoms with Crippen LogP contribution >= 0.6 is 0 Å². The summed E-state index contributed by atoms with van der Waals surface area (Å²) in [4.78, 5) is 0. The Morgan fingerprint density at radius 3 is 2.83 bits per heavy atom. The number of hydrogen-bond acceptors (Lipinski definition) is 4. The summed E-state index contributed by atoms with van der Waals surface area (Å²) >= 11 is 0. The van der Waals surface area contributed by atoms with Crippen LogP contribution in [-0.4, -0.2) is 19.8 Å². The zero-order valence-electron chi connectivity index (χ0n) is 10.0. The molecular formula is C13H13N5. The molecule has 0 aliphatic carbocycles. The second kappa shape index (κ2) is 4.19. The van der Waals surface area contributed by atoms with Crippen LogP contribution in [0.25, 0.3) is 17.0 Å². The zero-order chi connectivity index (χ0) is 12.5. The third-order valence-corrected chi connectivity index (χ3v) is 2.98. The van der Waals surface area contributed by atoms with Gasteiger partial charge in [0.05, 0.1) is 0 Å². The Hall–Kier alpha value is -2.27. The third kappa shape index (κ3) is 1.56. The molecule has 2 N–H and O–H groups in total. The van der Waals surface area contributed by atoms with Crippen LogP contribution in [0.1, 0.15) is 11.1 Å². The van der Waals surface area contributed by atoms with Crippen LogP contribution in [0, 0.1) is 6.92 Å². The van der Waals surface area contributed by atoms with Gasteiger partial charge in [-0.15, -0.1) is 10.2 Å². The van der Waals surface area contributed by atoms with E-state index in [0.29, 0.717) is 6.54 Å². The minimum atomic E-state index is 0.469. The van der Waals surface area contributed by atoms with Gasteiger partial charge in [-0.3, -0.25) is 0 Å². The molecule has 0 radical (unpaired) electrons. The maximum Gasteiger partial charge on any atom is 0.185 e. The zero-order valence-corrected chi connectivity index (χ0v) is 10.0. The average Bonchev–Trinajstić information content (AvgIpc) is 2.84.